The zero-order valence-corrected chi connectivity index (χ0v) is 13.6. The van der Waals surface area contributed by atoms with E-state index < -0.39 is 0 Å². The normalized spacial score (nSPS) is 10.3. The first-order valence-electron chi connectivity index (χ1n) is 7.32. The maximum atomic E-state index is 12.4. The quantitative estimate of drug-likeness (QED) is 0.447. The summed E-state index contributed by atoms with van der Waals surface area (Å²) in [6.45, 7) is 9.02. The van der Waals surface area contributed by atoms with E-state index >= 15 is 0 Å². The lowest BCUT2D eigenvalue weighted by atomic mass is 10.1. The van der Waals surface area contributed by atoms with Crippen LogP contribution >= 0.6 is 11.3 Å². The van der Waals surface area contributed by atoms with Gasteiger partial charge in [-0.2, -0.15) is 0 Å². The molecule has 0 radical (unpaired) electrons. The molecule has 0 aliphatic carbocycles. The summed E-state index contributed by atoms with van der Waals surface area (Å²) in [5, 5.41) is 0. The Balaban J connectivity index is 1.76. The van der Waals surface area contributed by atoms with Crippen molar-refractivity contribution in [1.82, 2.24) is 0 Å². The molecule has 0 amide bonds. The van der Waals surface area contributed by atoms with E-state index in [1.165, 1.54) is 16.9 Å². The molecule has 0 bridgehead atoms. The second kappa shape index (κ2) is 6.60. The summed E-state index contributed by atoms with van der Waals surface area (Å²) in [4.78, 5) is 17.6. The lowest BCUT2D eigenvalue weighted by Crippen LogP contribution is -2.00. The number of ketones is 1. The predicted molar refractivity (Wildman–Crippen MR) is 95.2 cm³/mol. The molecule has 3 heteroatoms. The van der Waals surface area contributed by atoms with Gasteiger partial charge in [-0.3, -0.25) is 4.79 Å². The van der Waals surface area contributed by atoms with Gasteiger partial charge in [0.25, 0.3) is 0 Å². The summed E-state index contributed by atoms with van der Waals surface area (Å²) in [5.74, 6) is 0.142. The molecule has 0 aliphatic rings. The Hall–Kier alpha value is -2.70. The number of hydrogen-bond acceptors (Lipinski definition) is 2. The highest BCUT2D eigenvalue weighted by molar-refractivity contribution is 7.17. The summed E-state index contributed by atoms with van der Waals surface area (Å²) in [6.07, 6.45) is 0.427. The molecule has 0 unspecified atom stereocenters. The molecule has 1 heterocycles. The highest BCUT2D eigenvalue weighted by atomic mass is 32.1. The van der Waals surface area contributed by atoms with Crippen molar-refractivity contribution in [2.75, 3.05) is 0 Å². The van der Waals surface area contributed by atoms with Crippen LogP contribution in [0.1, 0.15) is 20.8 Å². The lowest BCUT2D eigenvalue weighted by Gasteiger charge is -2.00. The average molecular weight is 317 g/mol. The third-order valence-electron chi connectivity index (χ3n) is 3.65. The Morgan fingerprint density at radius 3 is 2.35 bits per heavy atom. The van der Waals surface area contributed by atoms with Gasteiger partial charge in [-0.25, -0.2) is 4.85 Å². The van der Waals surface area contributed by atoms with Crippen LogP contribution in [0.2, 0.25) is 0 Å². The first kappa shape index (κ1) is 15.2. The van der Waals surface area contributed by atoms with Crippen molar-refractivity contribution in [3.63, 3.8) is 0 Å². The Labute approximate surface area is 139 Å². The fourth-order valence-electron chi connectivity index (χ4n) is 2.32. The van der Waals surface area contributed by atoms with Crippen molar-refractivity contribution >= 4 is 22.8 Å². The monoisotopic (exact) mass is 317 g/mol. The zero-order chi connectivity index (χ0) is 16.2. The van der Waals surface area contributed by atoms with Crippen LogP contribution in [0.25, 0.3) is 15.3 Å². The van der Waals surface area contributed by atoms with Crippen LogP contribution in [-0.4, -0.2) is 5.78 Å². The van der Waals surface area contributed by atoms with Crippen molar-refractivity contribution in [3.05, 3.63) is 88.1 Å². The van der Waals surface area contributed by atoms with Gasteiger partial charge in [-0.05, 0) is 30.2 Å². The molecule has 0 saturated carbocycles. The van der Waals surface area contributed by atoms with E-state index in [1.807, 2.05) is 55.5 Å². The van der Waals surface area contributed by atoms with Crippen LogP contribution in [-0.2, 0) is 6.42 Å². The van der Waals surface area contributed by atoms with Gasteiger partial charge >= 0.3 is 0 Å². The molecule has 2 nitrogen and oxygen atoms in total. The number of hydrogen-bond donors (Lipinski definition) is 0. The van der Waals surface area contributed by atoms with E-state index in [0.29, 0.717) is 12.1 Å². The van der Waals surface area contributed by atoms with Gasteiger partial charge in [0.05, 0.1) is 11.4 Å². The Kier molecular flexibility index (Phi) is 4.36. The first-order valence-corrected chi connectivity index (χ1v) is 8.14. The summed E-state index contributed by atoms with van der Waals surface area (Å²) in [6, 6.07) is 19.4. The van der Waals surface area contributed by atoms with Crippen LogP contribution in [0.3, 0.4) is 0 Å². The standard InChI is InChI=1S/C20H15NOS/c1-14-3-5-15(6-4-14)13-18(22)20-12-11-19(23-20)16-7-9-17(21-2)10-8-16/h3-12H,13H2,1H3. The molecule has 2 aromatic carbocycles. The molecule has 23 heavy (non-hydrogen) atoms. The van der Waals surface area contributed by atoms with Crippen molar-refractivity contribution in [2.24, 2.45) is 0 Å². The summed E-state index contributed by atoms with van der Waals surface area (Å²) < 4.78 is 0. The minimum atomic E-state index is 0.142. The van der Waals surface area contributed by atoms with Gasteiger partial charge in [0.1, 0.15) is 0 Å². The van der Waals surface area contributed by atoms with Gasteiger partial charge in [0.2, 0.25) is 0 Å². The lowest BCUT2D eigenvalue weighted by molar-refractivity contribution is 0.0997. The van der Waals surface area contributed by atoms with Crippen LogP contribution in [0.15, 0.2) is 60.7 Å². The Bertz CT molecular complexity index is 867. The first-order chi connectivity index (χ1) is 11.2. The maximum Gasteiger partial charge on any atom is 0.187 e. The minimum absolute atomic E-state index is 0.142. The third-order valence-corrected chi connectivity index (χ3v) is 4.82. The summed E-state index contributed by atoms with van der Waals surface area (Å²) in [7, 11) is 0. The average Bonchev–Trinajstić information content (AvgIpc) is 3.07. The molecular weight excluding hydrogens is 302 g/mol. The van der Waals surface area contributed by atoms with Crippen molar-refractivity contribution in [3.8, 4) is 10.4 Å². The van der Waals surface area contributed by atoms with Gasteiger partial charge in [-0.15, -0.1) is 11.3 Å². The largest absolute Gasteiger partial charge is 0.293 e. The molecular formula is C20H15NOS. The number of rotatable bonds is 4. The minimum Gasteiger partial charge on any atom is -0.293 e. The highest BCUT2D eigenvalue weighted by Gasteiger charge is 2.11. The van der Waals surface area contributed by atoms with E-state index in [9.17, 15) is 4.79 Å². The zero-order valence-electron chi connectivity index (χ0n) is 12.7. The molecule has 0 N–H and O–H groups in total. The van der Waals surface area contributed by atoms with Gasteiger partial charge in [0.15, 0.2) is 11.5 Å². The van der Waals surface area contributed by atoms with E-state index in [-0.39, 0.29) is 5.78 Å². The fourth-order valence-corrected chi connectivity index (χ4v) is 3.27. The smallest absolute Gasteiger partial charge is 0.187 e. The van der Waals surface area contributed by atoms with E-state index in [2.05, 4.69) is 4.85 Å². The Morgan fingerprint density at radius 2 is 1.70 bits per heavy atom. The van der Waals surface area contributed by atoms with Crippen molar-refractivity contribution in [2.45, 2.75) is 13.3 Å². The Morgan fingerprint density at radius 1 is 1.00 bits per heavy atom. The van der Waals surface area contributed by atoms with E-state index in [0.717, 1.165) is 20.9 Å². The summed E-state index contributed by atoms with van der Waals surface area (Å²) in [5.41, 5.74) is 3.90. The fraction of sp³-hybridized carbons (Fsp3) is 0.100. The van der Waals surface area contributed by atoms with Gasteiger partial charge in [-0.1, -0.05) is 54.1 Å². The number of nitrogens with zero attached hydrogens (tertiary/aromatic N) is 1. The highest BCUT2D eigenvalue weighted by Crippen LogP contribution is 2.30. The number of carbonyl (C=O) groups is 1. The molecule has 3 rings (SSSR count). The second-order valence-electron chi connectivity index (χ2n) is 5.41. The molecule has 0 aliphatic heterocycles. The van der Waals surface area contributed by atoms with E-state index in [1.54, 1.807) is 12.1 Å². The predicted octanol–water partition coefficient (Wildman–Crippen LogP) is 5.70. The van der Waals surface area contributed by atoms with Crippen LogP contribution in [0.5, 0.6) is 0 Å². The van der Waals surface area contributed by atoms with Crippen LogP contribution in [0.4, 0.5) is 5.69 Å². The van der Waals surface area contributed by atoms with Gasteiger partial charge in [0, 0.05) is 11.3 Å². The maximum absolute atomic E-state index is 12.4. The molecule has 112 valence electrons. The van der Waals surface area contributed by atoms with Gasteiger partial charge < -0.3 is 0 Å². The number of benzene rings is 2. The number of aryl methyl sites for hydroxylation is 1. The molecule has 0 atom stereocenters. The van der Waals surface area contributed by atoms with Crippen molar-refractivity contribution < 1.29 is 4.79 Å². The van der Waals surface area contributed by atoms with Crippen LogP contribution < -0.4 is 0 Å². The summed E-state index contributed by atoms with van der Waals surface area (Å²) >= 11 is 1.50. The molecule has 0 spiro atoms. The molecule has 3 aromatic rings. The molecule has 1 aromatic heterocycles. The number of Topliss-reactive ketones (excluding diaryl/α,β-unsaturated/α-hetero) is 1. The van der Waals surface area contributed by atoms with E-state index in [4.69, 9.17) is 6.57 Å². The molecule has 0 saturated heterocycles. The number of thiophene rings is 1. The molecule has 0 fully saturated rings. The second-order valence-corrected chi connectivity index (χ2v) is 6.49. The third kappa shape index (κ3) is 3.56. The topological polar surface area (TPSA) is 21.4 Å². The number of carbonyl (C=O) groups excluding carboxylic acids is 1. The van der Waals surface area contributed by atoms with Crippen molar-refractivity contribution in [1.29, 1.82) is 0 Å². The SMILES string of the molecule is [C-]#[N+]c1ccc(-c2ccc(C(=O)Cc3ccc(C)cc3)s2)cc1. The van der Waals surface area contributed by atoms with Crippen LogP contribution in [0, 0.1) is 13.5 Å².